The van der Waals surface area contributed by atoms with Gasteiger partial charge in [-0.1, -0.05) is 12.1 Å². The molecular weight excluding hydrogens is 391 g/mol. The van der Waals surface area contributed by atoms with E-state index >= 15 is 0 Å². The maximum Gasteiger partial charge on any atom is 0.416 e. The fourth-order valence-electron chi connectivity index (χ4n) is 3.78. The van der Waals surface area contributed by atoms with Crippen LogP contribution in [0.4, 0.5) is 18.0 Å². The van der Waals surface area contributed by atoms with Gasteiger partial charge in [0.2, 0.25) is 5.91 Å². The Morgan fingerprint density at radius 3 is 2.59 bits per heavy atom. The molecule has 0 saturated carbocycles. The number of carbonyl (C=O) groups is 2. The molecule has 3 amide bonds. The van der Waals surface area contributed by atoms with Crippen LogP contribution in [0.25, 0.3) is 0 Å². The van der Waals surface area contributed by atoms with E-state index in [1.54, 1.807) is 9.80 Å². The van der Waals surface area contributed by atoms with Gasteiger partial charge in [-0.15, -0.1) is 0 Å². The molecule has 0 spiro atoms. The number of nitrogens with one attached hydrogen (secondary N) is 1. The number of carbonyl (C=O) groups excluding carboxylic acids is 2. The molecule has 0 aromatic heterocycles. The number of fused-ring (bicyclic) bond motifs is 1. The molecule has 3 saturated heterocycles. The standard InChI is InChI=1S/C19H22F3N3O4/c20-19(21,22)13-3-1-12(2-4-13)10-28-14-7-25(8-14)18(27)24-6-5-16-15(9-24)23-17(26)11-29-16/h1-4,14-16H,5-11H2,(H,23,26)/t15?,16-/m0/s1. The summed E-state index contributed by atoms with van der Waals surface area (Å²) in [6.07, 6.45) is -3.86. The van der Waals surface area contributed by atoms with Crippen LogP contribution in [0.15, 0.2) is 24.3 Å². The number of likely N-dealkylation sites (tertiary alicyclic amines) is 2. The van der Waals surface area contributed by atoms with Crippen molar-refractivity contribution in [3.63, 3.8) is 0 Å². The van der Waals surface area contributed by atoms with E-state index in [0.717, 1.165) is 12.1 Å². The van der Waals surface area contributed by atoms with E-state index in [0.29, 0.717) is 38.2 Å². The van der Waals surface area contributed by atoms with Crippen molar-refractivity contribution >= 4 is 11.9 Å². The van der Waals surface area contributed by atoms with Crippen LogP contribution in [-0.4, -0.2) is 72.8 Å². The Kier molecular flexibility index (Phi) is 5.39. The van der Waals surface area contributed by atoms with Gasteiger partial charge in [-0.25, -0.2) is 4.79 Å². The van der Waals surface area contributed by atoms with E-state index in [1.165, 1.54) is 12.1 Å². The van der Waals surface area contributed by atoms with Crippen LogP contribution < -0.4 is 5.32 Å². The topological polar surface area (TPSA) is 71.1 Å². The molecule has 158 valence electrons. The summed E-state index contributed by atoms with van der Waals surface area (Å²) in [5.41, 5.74) is -0.0390. The van der Waals surface area contributed by atoms with E-state index in [2.05, 4.69) is 5.32 Å². The molecule has 1 unspecified atom stereocenters. The fourth-order valence-corrected chi connectivity index (χ4v) is 3.78. The monoisotopic (exact) mass is 413 g/mol. The van der Waals surface area contributed by atoms with Crippen LogP contribution in [0, 0.1) is 0 Å². The summed E-state index contributed by atoms with van der Waals surface area (Å²) in [4.78, 5) is 27.5. The summed E-state index contributed by atoms with van der Waals surface area (Å²) in [6.45, 7) is 2.13. The molecule has 1 N–H and O–H groups in total. The molecule has 29 heavy (non-hydrogen) atoms. The molecular formula is C19H22F3N3O4. The van der Waals surface area contributed by atoms with Gasteiger partial charge in [0.25, 0.3) is 0 Å². The number of ether oxygens (including phenoxy) is 2. The average molecular weight is 413 g/mol. The highest BCUT2D eigenvalue weighted by Crippen LogP contribution is 2.29. The number of benzene rings is 1. The highest BCUT2D eigenvalue weighted by Gasteiger charge is 2.40. The Bertz CT molecular complexity index is 765. The van der Waals surface area contributed by atoms with Crippen LogP contribution in [0.2, 0.25) is 0 Å². The minimum Gasteiger partial charge on any atom is -0.370 e. The molecule has 3 aliphatic heterocycles. The smallest absolute Gasteiger partial charge is 0.370 e. The summed E-state index contributed by atoms with van der Waals surface area (Å²) < 4.78 is 48.9. The van der Waals surface area contributed by atoms with Crippen LogP contribution in [0.1, 0.15) is 17.5 Å². The minimum atomic E-state index is -4.35. The third kappa shape index (κ3) is 4.48. The Morgan fingerprint density at radius 2 is 1.90 bits per heavy atom. The SMILES string of the molecule is O=C1CO[C@H]2CCN(C(=O)N3CC(OCc4ccc(C(F)(F)F)cc4)C3)CC2N1. The average Bonchev–Trinajstić information content (AvgIpc) is 2.65. The van der Waals surface area contributed by atoms with Crippen molar-refractivity contribution in [2.24, 2.45) is 0 Å². The zero-order valence-electron chi connectivity index (χ0n) is 15.7. The number of urea groups is 1. The van der Waals surface area contributed by atoms with Crippen LogP contribution in [0.5, 0.6) is 0 Å². The van der Waals surface area contributed by atoms with Gasteiger partial charge in [-0.2, -0.15) is 13.2 Å². The number of amides is 3. The first-order chi connectivity index (χ1) is 13.8. The molecule has 2 atom stereocenters. The van der Waals surface area contributed by atoms with E-state index in [9.17, 15) is 22.8 Å². The van der Waals surface area contributed by atoms with E-state index in [1.807, 2.05) is 0 Å². The first-order valence-corrected chi connectivity index (χ1v) is 9.52. The second kappa shape index (κ2) is 7.83. The zero-order chi connectivity index (χ0) is 20.6. The number of piperidine rings is 1. The largest absolute Gasteiger partial charge is 0.416 e. The number of hydrogen-bond acceptors (Lipinski definition) is 4. The van der Waals surface area contributed by atoms with Crippen molar-refractivity contribution in [2.75, 3.05) is 32.8 Å². The third-order valence-electron chi connectivity index (χ3n) is 5.48. The molecule has 1 aromatic carbocycles. The van der Waals surface area contributed by atoms with Crippen molar-refractivity contribution in [3.05, 3.63) is 35.4 Å². The highest BCUT2D eigenvalue weighted by molar-refractivity contribution is 5.79. The summed E-state index contributed by atoms with van der Waals surface area (Å²) in [5, 5.41) is 2.87. The first kappa shape index (κ1) is 20.0. The molecule has 0 bridgehead atoms. The number of nitrogens with zero attached hydrogens (tertiary/aromatic N) is 2. The second-order valence-corrected chi connectivity index (χ2v) is 7.57. The van der Waals surface area contributed by atoms with Crippen molar-refractivity contribution in [1.82, 2.24) is 15.1 Å². The molecule has 7 nitrogen and oxygen atoms in total. The lowest BCUT2D eigenvalue weighted by atomic mass is 10.0. The maximum absolute atomic E-state index is 12.6. The van der Waals surface area contributed by atoms with E-state index in [-0.39, 0.29) is 43.4 Å². The maximum atomic E-state index is 12.6. The molecule has 0 radical (unpaired) electrons. The molecule has 4 rings (SSSR count). The predicted molar refractivity (Wildman–Crippen MR) is 94.9 cm³/mol. The number of morpholine rings is 1. The molecule has 3 heterocycles. The fraction of sp³-hybridized carbons (Fsp3) is 0.579. The lowest BCUT2D eigenvalue weighted by Crippen LogP contribution is -2.65. The normalized spacial score (nSPS) is 25.3. The number of hydrogen-bond donors (Lipinski definition) is 1. The summed E-state index contributed by atoms with van der Waals surface area (Å²) in [6, 6.07) is 4.59. The van der Waals surface area contributed by atoms with Crippen molar-refractivity contribution < 1.29 is 32.2 Å². The number of halogens is 3. The molecule has 1 aromatic rings. The van der Waals surface area contributed by atoms with Gasteiger partial charge in [0.1, 0.15) is 6.61 Å². The van der Waals surface area contributed by atoms with Gasteiger partial charge in [0, 0.05) is 13.1 Å². The van der Waals surface area contributed by atoms with Gasteiger partial charge in [0.05, 0.1) is 43.5 Å². The Labute approximate surface area is 165 Å². The first-order valence-electron chi connectivity index (χ1n) is 9.52. The number of alkyl halides is 3. The van der Waals surface area contributed by atoms with Gasteiger partial charge in [-0.05, 0) is 24.1 Å². The summed E-state index contributed by atoms with van der Waals surface area (Å²) in [7, 11) is 0. The summed E-state index contributed by atoms with van der Waals surface area (Å²) in [5.74, 6) is -0.166. The molecule has 3 aliphatic rings. The summed E-state index contributed by atoms with van der Waals surface area (Å²) >= 11 is 0. The highest BCUT2D eigenvalue weighted by atomic mass is 19.4. The van der Waals surface area contributed by atoms with Crippen LogP contribution >= 0.6 is 0 Å². The Balaban J connectivity index is 1.21. The van der Waals surface area contributed by atoms with Crippen molar-refractivity contribution in [3.8, 4) is 0 Å². The Morgan fingerprint density at radius 1 is 1.17 bits per heavy atom. The molecule has 10 heteroatoms. The van der Waals surface area contributed by atoms with E-state index < -0.39 is 11.7 Å². The Hall–Kier alpha value is -2.33. The van der Waals surface area contributed by atoms with Crippen LogP contribution in [0.3, 0.4) is 0 Å². The molecule has 3 fully saturated rings. The second-order valence-electron chi connectivity index (χ2n) is 7.57. The van der Waals surface area contributed by atoms with Crippen LogP contribution in [-0.2, 0) is 27.1 Å². The lowest BCUT2D eigenvalue weighted by Gasteiger charge is -2.45. The van der Waals surface area contributed by atoms with E-state index in [4.69, 9.17) is 9.47 Å². The third-order valence-corrected chi connectivity index (χ3v) is 5.48. The quantitative estimate of drug-likeness (QED) is 0.818. The van der Waals surface area contributed by atoms with Gasteiger partial charge < -0.3 is 24.6 Å². The predicted octanol–water partition coefficient (Wildman–Crippen LogP) is 1.62. The van der Waals surface area contributed by atoms with Gasteiger partial charge in [-0.3, -0.25) is 4.79 Å². The minimum absolute atomic E-state index is 0.0482. The zero-order valence-corrected chi connectivity index (χ0v) is 15.7. The van der Waals surface area contributed by atoms with Crippen molar-refractivity contribution in [2.45, 2.75) is 37.5 Å². The molecule has 0 aliphatic carbocycles. The number of rotatable bonds is 3. The van der Waals surface area contributed by atoms with Gasteiger partial charge in [0.15, 0.2) is 0 Å². The van der Waals surface area contributed by atoms with Crippen molar-refractivity contribution in [1.29, 1.82) is 0 Å². The lowest BCUT2D eigenvalue weighted by molar-refractivity contribution is -0.140. The van der Waals surface area contributed by atoms with Gasteiger partial charge >= 0.3 is 12.2 Å².